The summed E-state index contributed by atoms with van der Waals surface area (Å²) >= 11 is 6.04. The molecule has 0 atom stereocenters. The van der Waals surface area contributed by atoms with E-state index >= 15 is 0 Å². The molecule has 1 N–H and O–H groups in total. The van der Waals surface area contributed by atoms with Crippen LogP contribution in [0.5, 0.6) is 0 Å². The van der Waals surface area contributed by atoms with Crippen molar-refractivity contribution in [2.45, 2.75) is 37.5 Å². The first kappa shape index (κ1) is 19.0. The first-order valence-electron chi connectivity index (χ1n) is 9.37. The van der Waals surface area contributed by atoms with E-state index in [0.29, 0.717) is 0 Å². The average Bonchev–Trinajstić information content (AvgIpc) is 2.65. The minimum atomic E-state index is -0.0937. The van der Waals surface area contributed by atoms with Gasteiger partial charge in [-0.2, -0.15) is 0 Å². The van der Waals surface area contributed by atoms with Gasteiger partial charge < -0.3 is 15.0 Å². The summed E-state index contributed by atoms with van der Waals surface area (Å²) in [5, 5.41) is 4.36. The van der Waals surface area contributed by atoms with Gasteiger partial charge in [0.2, 0.25) is 0 Å². The molecule has 1 aromatic carbocycles. The van der Waals surface area contributed by atoms with E-state index in [0.717, 1.165) is 43.5 Å². The number of piperidine rings is 1. The number of rotatable bonds is 4. The molecule has 1 aliphatic carbocycles. The third-order valence-corrected chi connectivity index (χ3v) is 6.14. The second-order valence-corrected chi connectivity index (χ2v) is 7.76. The number of esters is 1. The van der Waals surface area contributed by atoms with Gasteiger partial charge in [0.25, 0.3) is 0 Å². The van der Waals surface area contributed by atoms with Gasteiger partial charge in [-0.05, 0) is 43.4 Å². The van der Waals surface area contributed by atoms with Gasteiger partial charge in [0.1, 0.15) is 0 Å². The molecular weight excluding hydrogens is 350 g/mol. The van der Waals surface area contributed by atoms with Crippen molar-refractivity contribution in [3.8, 4) is 0 Å². The van der Waals surface area contributed by atoms with Crippen molar-refractivity contribution in [3.63, 3.8) is 0 Å². The van der Waals surface area contributed by atoms with Crippen LogP contribution in [0, 0.1) is 5.92 Å². The first-order valence-corrected chi connectivity index (χ1v) is 9.75. The summed E-state index contributed by atoms with van der Waals surface area (Å²) < 4.78 is 4.87. The zero-order valence-electron chi connectivity index (χ0n) is 15.6. The molecule has 1 saturated heterocycles. The van der Waals surface area contributed by atoms with E-state index in [4.69, 9.17) is 16.3 Å². The molecule has 1 aromatic rings. The molecule has 3 rings (SSSR count). The van der Waals surface area contributed by atoms with Gasteiger partial charge in [-0.25, -0.2) is 0 Å². The number of guanidine groups is 1. The number of likely N-dealkylation sites (tertiary alicyclic amines) is 1. The number of hydrogen-bond donors (Lipinski definition) is 1. The topological polar surface area (TPSA) is 53.9 Å². The Labute approximate surface area is 160 Å². The van der Waals surface area contributed by atoms with Crippen LogP contribution < -0.4 is 5.32 Å². The molecule has 0 aromatic heterocycles. The Balaban J connectivity index is 1.59. The highest BCUT2D eigenvalue weighted by atomic mass is 35.5. The van der Waals surface area contributed by atoms with Crippen LogP contribution in [-0.4, -0.2) is 50.6 Å². The summed E-state index contributed by atoms with van der Waals surface area (Å²) in [5.41, 5.74) is 1.52. The smallest absolute Gasteiger partial charge is 0.308 e. The quantitative estimate of drug-likeness (QED) is 0.497. The van der Waals surface area contributed by atoms with Gasteiger partial charge in [0, 0.05) is 37.1 Å². The fraction of sp³-hybridized carbons (Fsp3) is 0.600. The molecule has 1 saturated carbocycles. The monoisotopic (exact) mass is 377 g/mol. The van der Waals surface area contributed by atoms with Crippen molar-refractivity contribution in [1.29, 1.82) is 0 Å². The van der Waals surface area contributed by atoms with E-state index in [1.54, 1.807) is 0 Å². The molecule has 6 heteroatoms. The molecule has 1 aliphatic heterocycles. The molecule has 2 fully saturated rings. The summed E-state index contributed by atoms with van der Waals surface area (Å²) in [6.07, 6.45) is 5.25. The van der Waals surface area contributed by atoms with Crippen molar-refractivity contribution in [1.82, 2.24) is 10.2 Å². The lowest BCUT2D eigenvalue weighted by Crippen LogP contribution is -2.52. The molecule has 0 bridgehead atoms. The number of hydrogen-bond acceptors (Lipinski definition) is 3. The molecule has 2 aliphatic rings. The second-order valence-electron chi connectivity index (χ2n) is 7.33. The number of methoxy groups -OCH3 is 1. The van der Waals surface area contributed by atoms with Gasteiger partial charge in [-0.3, -0.25) is 9.79 Å². The normalized spacial score (nSPS) is 20.4. The van der Waals surface area contributed by atoms with Gasteiger partial charge in [0.05, 0.1) is 13.0 Å². The van der Waals surface area contributed by atoms with Gasteiger partial charge in [-0.15, -0.1) is 0 Å². The number of nitrogens with one attached hydrogen (secondary N) is 1. The third-order valence-electron chi connectivity index (χ3n) is 5.89. The van der Waals surface area contributed by atoms with Crippen molar-refractivity contribution < 1.29 is 9.53 Å². The van der Waals surface area contributed by atoms with Gasteiger partial charge >= 0.3 is 5.97 Å². The van der Waals surface area contributed by atoms with Crippen LogP contribution in [0.3, 0.4) is 0 Å². The zero-order valence-corrected chi connectivity index (χ0v) is 16.4. The number of carbonyl (C=O) groups is 1. The molecule has 5 nitrogen and oxygen atoms in total. The maximum Gasteiger partial charge on any atom is 0.308 e. The molecule has 26 heavy (non-hydrogen) atoms. The lowest BCUT2D eigenvalue weighted by atomic mass is 9.64. The summed E-state index contributed by atoms with van der Waals surface area (Å²) in [7, 11) is 3.29. The van der Waals surface area contributed by atoms with E-state index in [1.807, 2.05) is 19.2 Å². The van der Waals surface area contributed by atoms with E-state index in [-0.39, 0.29) is 17.3 Å². The number of carbonyl (C=O) groups excluding carboxylic acids is 1. The zero-order chi connectivity index (χ0) is 18.6. The van der Waals surface area contributed by atoms with Crippen LogP contribution in [0.25, 0.3) is 0 Å². The molecule has 0 radical (unpaired) electrons. The van der Waals surface area contributed by atoms with E-state index in [1.165, 1.54) is 31.9 Å². The Morgan fingerprint density at radius 2 is 1.96 bits per heavy atom. The van der Waals surface area contributed by atoms with Crippen molar-refractivity contribution in [2.24, 2.45) is 10.9 Å². The fourth-order valence-electron chi connectivity index (χ4n) is 4.05. The molecular formula is C20H28ClN3O2. The van der Waals surface area contributed by atoms with E-state index < -0.39 is 0 Å². The van der Waals surface area contributed by atoms with Crippen molar-refractivity contribution in [3.05, 3.63) is 34.9 Å². The number of halogens is 1. The highest BCUT2D eigenvalue weighted by molar-refractivity contribution is 6.30. The van der Waals surface area contributed by atoms with Crippen LogP contribution in [0.4, 0.5) is 0 Å². The maximum atomic E-state index is 11.7. The van der Waals surface area contributed by atoms with Crippen LogP contribution in [0.1, 0.15) is 37.7 Å². The first-order chi connectivity index (χ1) is 12.6. The number of aliphatic imine (C=N–C) groups is 1. The predicted molar refractivity (Wildman–Crippen MR) is 105 cm³/mol. The average molecular weight is 378 g/mol. The van der Waals surface area contributed by atoms with Crippen molar-refractivity contribution in [2.75, 3.05) is 33.8 Å². The predicted octanol–water partition coefficient (Wildman–Crippen LogP) is 3.22. The summed E-state index contributed by atoms with van der Waals surface area (Å²) in [6, 6.07) is 8.24. The van der Waals surface area contributed by atoms with E-state index in [9.17, 15) is 4.79 Å². The lowest BCUT2D eigenvalue weighted by molar-refractivity contribution is -0.146. The maximum absolute atomic E-state index is 11.7. The largest absolute Gasteiger partial charge is 0.469 e. The molecule has 1 heterocycles. The summed E-state index contributed by atoms with van der Waals surface area (Å²) in [5.74, 6) is 0.846. The molecule has 0 unspecified atom stereocenters. The molecule has 0 spiro atoms. The standard InChI is InChI=1S/C20H28ClN3O2/c1-22-19(24-12-8-15(9-13-24)18(25)26-2)23-14-20(10-3-11-20)16-4-6-17(21)7-5-16/h4-7,15H,3,8-14H2,1-2H3,(H,22,23). The molecule has 142 valence electrons. The highest BCUT2D eigenvalue weighted by Gasteiger charge is 2.39. The number of benzene rings is 1. The van der Waals surface area contributed by atoms with Crippen LogP contribution in [0.2, 0.25) is 5.02 Å². The molecule has 0 amide bonds. The second kappa shape index (κ2) is 8.30. The Bertz CT molecular complexity index is 648. The lowest BCUT2D eigenvalue weighted by Gasteiger charge is -2.44. The van der Waals surface area contributed by atoms with Crippen LogP contribution >= 0.6 is 11.6 Å². The van der Waals surface area contributed by atoms with Gasteiger partial charge in [-0.1, -0.05) is 30.2 Å². The Morgan fingerprint density at radius 3 is 2.46 bits per heavy atom. The van der Waals surface area contributed by atoms with Crippen LogP contribution in [-0.2, 0) is 14.9 Å². The van der Waals surface area contributed by atoms with Gasteiger partial charge in [0.15, 0.2) is 5.96 Å². The Morgan fingerprint density at radius 1 is 1.31 bits per heavy atom. The third kappa shape index (κ3) is 3.98. The van der Waals surface area contributed by atoms with Crippen molar-refractivity contribution >= 4 is 23.5 Å². The Kier molecular flexibility index (Phi) is 6.07. The number of ether oxygens (including phenoxy) is 1. The number of nitrogens with zero attached hydrogens (tertiary/aromatic N) is 2. The highest BCUT2D eigenvalue weighted by Crippen LogP contribution is 2.43. The SMILES string of the molecule is CN=C(NCC1(c2ccc(Cl)cc2)CCC1)N1CCC(C(=O)OC)CC1. The minimum absolute atomic E-state index is 0.0152. The van der Waals surface area contributed by atoms with E-state index in [2.05, 4.69) is 27.3 Å². The summed E-state index contributed by atoms with van der Waals surface area (Å²) in [4.78, 5) is 18.4. The minimum Gasteiger partial charge on any atom is -0.469 e. The fourth-order valence-corrected chi connectivity index (χ4v) is 4.17. The Hall–Kier alpha value is -1.75. The van der Waals surface area contributed by atoms with Crippen LogP contribution in [0.15, 0.2) is 29.3 Å². The summed E-state index contributed by atoms with van der Waals surface area (Å²) in [6.45, 7) is 2.53.